The molecule has 1 saturated carbocycles. The summed E-state index contributed by atoms with van der Waals surface area (Å²) in [5.74, 6) is -0.114. The number of aryl methyl sites for hydroxylation is 1. The number of amides is 1. The number of aromatic nitrogens is 1. The predicted molar refractivity (Wildman–Crippen MR) is 98.6 cm³/mol. The van der Waals surface area contributed by atoms with Gasteiger partial charge in [-0.25, -0.2) is 4.98 Å². The molecular weight excluding hydrogens is 357 g/mol. The Labute approximate surface area is 154 Å². The van der Waals surface area contributed by atoms with Gasteiger partial charge < -0.3 is 15.8 Å². The maximum absolute atomic E-state index is 12.4. The van der Waals surface area contributed by atoms with E-state index in [1.165, 1.54) is 4.88 Å². The summed E-state index contributed by atoms with van der Waals surface area (Å²) in [5, 5.41) is 3.84. The number of nitrogens with two attached hydrogens (primary N) is 1. The van der Waals surface area contributed by atoms with E-state index in [1.807, 2.05) is 27.0 Å². The van der Waals surface area contributed by atoms with Crippen LogP contribution in [0.3, 0.4) is 0 Å². The molecule has 2 rings (SSSR count). The van der Waals surface area contributed by atoms with E-state index in [9.17, 15) is 4.79 Å². The highest BCUT2D eigenvalue weighted by Gasteiger charge is 2.62. The monoisotopic (exact) mass is 383 g/mol. The molecule has 1 aromatic heterocycles. The minimum Gasteiger partial charge on any atom is -0.378 e. The lowest BCUT2D eigenvalue weighted by atomic mass is 9.54. The van der Waals surface area contributed by atoms with E-state index in [-0.39, 0.29) is 42.2 Å². The number of hydrogen-bond acceptors (Lipinski definition) is 5. The van der Waals surface area contributed by atoms with Gasteiger partial charge in [-0.3, -0.25) is 4.79 Å². The van der Waals surface area contributed by atoms with Crippen LogP contribution < -0.4 is 11.1 Å². The average Bonchev–Trinajstić information content (AvgIpc) is 2.92. The zero-order valence-corrected chi connectivity index (χ0v) is 16.5. The van der Waals surface area contributed by atoms with E-state index in [4.69, 9.17) is 10.5 Å². The van der Waals surface area contributed by atoms with Crippen molar-refractivity contribution in [2.45, 2.75) is 58.7 Å². The Morgan fingerprint density at radius 3 is 2.61 bits per heavy atom. The van der Waals surface area contributed by atoms with Crippen LogP contribution in [0, 0.1) is 5.41 Å². The molecule has 2 unspecified atom stereocenters. The molecule has 3 N–H and O–H groups in total. The number of nitrogens with zero attached hydrogens (tertiary/aromatic N) is 1. The molecule has 8 heteroatoms. The van der Waals surface area contributed by atoms with Crippen LogP contribution in [0.15, 0.2) is 6.20 Å². The fourth-order valence-electron chi connectivity index (χ4n) is 2.73. The standard InChI is InChI=1S/C15H25N3O2S.2ClH/c1-5-10-8-17-12(21-10)9-18-13(19)15(16)7-11(20-6-2)14(15,3)4;;/h8,11H,5-7,9,16H2,1-4H3,(H,18,19);2*1H. The molecule has 23 heavy (non-hydrogen) atoms. The summed E-state index contributed by atoms with van der Waals surface area (Å²) in [6.07, 6.45) is 3.44. The molecule has 1 amide bonds. The second kappa shape index (κ2) is 8.62. The molecule has 1 fully saturated rings. The minimum atomic E-state index is -0.863. The van der Waals surface area contributed by atoms with Crippen molar-refractivity contribution in [1.82, 2.24) is 10.3 Å². The Bertz CT molecular complexity index is 525. The van der Waals surface area contributed by atoms with Crippen molar-refractivity contribution in [3.63, 3.8) is 0 Å². The van der Waals surface area contributed by atoms with Crippen LogP contribution in [-0.4, -0.2) is 29.1 Å². The van der Waals surface area contributed by atoms with Gasteiger partial charge in [0, 0.05) is 29.5 Å². The molecule has 0 aliphatic heterocycles. The molecular formula is C15H27Cl2N3O2S. The highest BCUT2D eigenvalue weighted by atomic mass is 35.5. The Morgan fingerprint density at radius 2 is 2.13 bits per heavy atom. The number of hydrogen-bond donors (Lipinski definition) is 2. The first-order chi connectivity index (χ1) is 9.85. The zero-order chi connectivity index (χ0) is 15.7. The summed E-state index contributed by atoms with van der Waals surface area (Å²) in [5.41, 5.74) is 5.11. The molecule has 5 nitrogen and oxygen atoms in total. The molecule has 0 spiro atoms. The third-order valence-electron chi connectivity index (χ3n) is 4.59. The van der Waals surface area contributed by atoms with Crippen LogP contribution in [0.5, 0.6) is 0 Å². The number of thiazole rings is 1. The summed E-state index contributed by atoms with van der Waals surface area (Å²) in [6, 6.07) is 0. The minimum absolute atomic E-state index is 0. The normalized spacial score (nSPS) is 24.8. The van der Waals surface area contributed by atoms with Crippen LogP contribution in [0.1, 0.15) is 44.0 Å². The van der Waals surface area contributed by atoms with Crippen LogP contribution in [-0.2, 0) is 22.5 Å². The predicted octanol–water partition coefficient (Wildman–Crippen LogP) is 2.70. The van der Waals surface area contributed by atoms with Crippen molar-refractivity contribution >= 4 is 42.1 Å². The molecule has 1 aromatic rings. The summed E-state index contributed by atoms with van der Waals surface area (Å²) in [7, 11) is 0. The van der Waals surface area contributed by atoms with Crippen molar-refractivity contribution in [1.29, 1.82) is 0 Å². The number of halogens is 2. The van der Waals surface area contributed by atoms with Crippen molar-refractivity contribution in [2.75, 3.05) is 6.61 Å². The second-order valence-electron chi connectivity index (χ2n) is 6.10. The first-order valence-corrected chi connectivity index (χ1v) is 8.29. The van der Waals surface area contributed by atoms with Gasteiger partial charge in [0.05, 0.1) is 12.6 Å². The van der Waals surface area contributed by atoms with Crippen molar-refractivity contribution < 1.29 is 9.53 Å². The van der Waals surface area contributed by atoms with E-state index in [0.29, 0.717) is 19.6 Å². The highest BCUT2D eigenvalue weighted by molar-refractivity contribution is 7.11. The highest BCUT2D eigenvalue weighted by Crippen LogP contribution is 2.49. The number of ether oxygens (including phenoxy) is 1. The van der Waals surface area contributed by atoms with Gasteiger partial charge in [0.25, 0.3) is 0 Å². The largest absolute Gasteiger partial charge is 0.378 e. The lowest BCUT2D eigenvalue weighted by Crippen LogP contribution is -2.75. The third kappa shape index (κ3) is 4.17. The Kier molecular flexibility index (Phi) is 8.47. The molecule has 1 aliphatic carbocycles. The van der Waals surface area contributed by atoms with Crippen molar-refractivity contribution in [3.8, 4) is 0 Å². The summed E-state index contributed by atoms with van der Waals surface area (Å²) in [6.45, 7) is 9.13. The van der Waals surface area contributed by atoms with Gasteiger partial charge in [-0.05, 0) is 13.3 Å². The van der Waals surface area contributed by atoms with Gasteiger partial charge >= 0.3 is 0 Å². The van der Waals surface area contributed by atoms with E-state index >= 15 is 0 Å². The van der Waals surface area contributed by atoms with E-state index in [0.717, 1.165) is 11.4 Å². The van der Waals surface area contributed by atoms with Crippen LogP contribution in [0.2, 0.25) is 0 Å². The maximum Gasteiger partial charge on any atom is 0.241 e. The second-order valence-corrected chi connectivity index (χ2v) is 7.30. The first-order valence-electron chi connectivity index (χ1n) is 7.47. The van der Waals surface area contributed by atoms with Gasteiger partial charge in [0.1, 0.15) is 10.5 Å². The molecule has 1 aliphatic rings. The van der Waals surface area contributed by atoms with Gasteiger partial charge in [-0.2, -0.15) is 0 Å². The van der Waals surface area contributed by atoms with Gasteiger partial charge in [0.2, 0.25) is 5.91 Å². The number of nitrogens with one attached hydrogen (secondary N) is 1. The van der Waals surface area contributed by atoms with E-state index < -0.39 is 5.54 Å². The lowest BCUT2D eigenvalue weighted by molar-refractivity contribution is -0.170. The van der Waals surface area contributed by atoms with E-state index in [1.54, 1.807) is 11.3 Å². The SMILES string of the molecule is CCOC1CC(N)(C(=O)NCc2ncc(CC)s2)C1(C)C.Cl.Cl. The molecule has 0 aromatic carbocycles. The van der Waals surface area contributed by atoms with Gasteiger partial charge in [0.15, 0.2) is 0 Å². The smallest absolute Gasteiger partial charge is 0.241 e. The Balaban J connectivity index is 0.00000242. The Morgan fingerprint density at radius 1 is 1.48 bits per heavy atom. The fraction of sp³-hybridized carbons (Fsp3) is 0.733. The molecule has 0 radical (unpaired) electrons. The van der Waals surface area contributed by atoms with Crippen LogP contribution >= 0.6 is 36.2 Å². The fourth-order valence-corrected chi connectivity index (χ4v) is 3.53. The van der Waals surface area contributed by atoms with Crippen LogP contribution in [0.4, 0.5) is 0 Å². The average molecular weight is 384 g/mol. The first kappa shape index (κ1) is 22.6. The molecule has 0 saturated heterocycles. The number of rotatable bonds is 6. The van der Waals surface area contributed by atoms with Gasteiger partial charge in [-0.15, -0.1) is 36.2 Å². The molecule has 134 valence electrons. The van der Waals surface area contributed by atoms with E-state index in [2.05, 4.69) is 17.2 Å². The van der Waals surface area contributed by atoms with Gasteiger partial charge in [-0.1, -0.05) is 20.8 Å². The topological polar surface area (TPSA) is 77.2 Å². The summed E-state index contributed by atoms with van der Waals surface area (Å²) < 4.78 is 5.65. The van der Waals surface area contributed by atoms with Crippen LogP contribution in [0.25, 0.3) is 0 Å². The molecule has 0 bridgehead atoms. The summed E-state index contributed by atoms with van der Waals surface area (Å²) >= 11 is 1.63. The number of carbonyl (C=O) groups is 1. The maximum atomic E-state index is 12.4. The zero-order valence-electron chi connectivity index (χ0n) is 14.0. The van der Waals surface area contributed by atoms with Crippen molar-refractivity contribution in [3.05, 3.63) is 16.1 Å². The quantitative estimate of drug-likeness (QED) is 0.791. The molecule has 2 atom stereocenters. The number of carbonyl (C=O) groups excluding carboxylic acids is 1. The Hall–Kier alpha value is -0.400. The third-order valence-corrected chi connectivity index (χ3v) is 5.73. The molecule has 1 heterocycles. The lowest BCUT2D eigenvalue weighted by Gasteiger charge is -2.57. The van der Waals surface area contributed by atoms with Crippen molar-refractivity contribution in [2.24, 2.45) is 11.1 Å². The summed E-state index contributed by atoms with van der Waals surface area (Å²) in [4.78, 5) is 18.0.